The van der Waals surface area contributed by atoms with E-state index in [-0.39, 0.29) is 0 Å². The minimum absolute atomic E-state index is 0.713. The van der Waals surface area contributed by atoms with Gasteiger partial charge >= 0.3 is 8.80 Å². The molecule has 3 nitrogen and oxygen atoms in total. The summed E-state index contributed by atoms with van der Waals surface area (Å²) in [7, 11) is -4.61. The standard InChI is InChI=1S/C15H33IO3Si4/c1-13(2)10-20-17-23(9-7-8-16,18-21-11-14(3)4)19-22-12-15(5)6/h10-12H,7-9,20-22H2,1-6H3. The second-order valence-corrected chi connectivity index (χ2v) is 14.9. The third-order valence-corrected chi connectivity index (χ3v) is 15.0. The van der Waals surface area contributed by atoms with Crippen molar-refractivity contribution in [2.24, 2.45) is 0 Å². The fraction of sp³-hybridized carbons (Fsp3) is 0.600. The topological polar surface area (TPSA) is 27.7 Å². The zero-order valence-electron chi connectivity index (χ0n) is 15.6. The van der Waals surface area contributed by atoms with Gasteiger partial charge in [0.15, 0.2) is 29.3 Å². The summed E-state index contributed by atoms with van der Waals surface area (Å²) in [6.07, 6.45) is 1.11. The first-order chi connectivity index (χ1) is 10.8. The summed E-state index contributed by atoms with van der Waals surface area (Å²) in [6.45, 7) is 12.8. The molecule has 8 heteroatoms. The molecule has 0 unspecified atom stereocenters. The minimum atomic E-state index is -2.47. The lowest BCUT2D eigenvalue weighted by molar-refractivity contribution is 0.284. The average Bonchev–Trinajstić information content (AvgIpc) is 2.43. The summed E-state index contributed by atoms with van der Waals surface area (Å²) < 4.78 is 20.2. The van der Waals surface area contributed by atoms with Crippen molar-refractivity contribution < 1.29 is 12.3 Å². The number of allylic oxidation sites excluding steroid dienone is 3. The first-order valence-corrected chi connectivity index (χ1v) is 15.8. The molecule has 0 radical (unpaired) electrons. The number of alkyl halides is 1. The van der Waals surface area contributed by atoms with Crippen molar-refractivity contribution >= 4 is 60.7 Å². The maximum absolute atomic E-state index is 6.37. The van der Waals surface area contributed by atoms with Crippen molar-refractivity contribution in [1.29, 1.82) is 0 Å². The lowest BCUT2D eigenvalue weighted by atomic mass is 10.4. The van der Waals surface area contributed by atoms with Gasteiger partial charge in [0, 0.05) is 6.04 Å². The van der Waals surface area contributed by atoms with E-state index in [2.05, 4.69) is 81.2 Å². The molecule has 23 heavy (non-hydrogen) atoms. The minimum Gasteiger partial charge on any atom is -0.418 e. The van der Waals surface area contributed by atoms with Crippen LogP contribution in [-0.2, 0) is 12.3 Å². The van der Waals surface area contributed by atoms with Crippen molar-refractivity contribution in [2.45, 2.75) is 54.0 Å². The molecule has 0 atom stereocenters. The molecule has 0 aliphatic heterocycles. The average molecular weight is 501 g/mol. The zero-order chi connectivity index (χ0) is 17.7. The van der Waals surface area contributed by atoms with Crippen LogP contribution in [0.3, 0.4) is 0 Å². The molecule has 0 rings (SSSR count). The fourth-order valence-electron chi connectivity index (χ4n) is 1.63. The Labute approximate surface area is 164 Å². The lowest BCUT2D eigenvalue weighted by Gasteiger charge is -2.30. The molecule has 134 valence electrons. The highest BCUT2D eigenvalue weighted by atomic mass is 127. The van der Waals surface area contributed by atoms with Gasteiger partial charge in [-0.1, -0.05) is 56.4 Å². The van der Waals surface area contributed by atoms with Gasteiger partial charge in [0.05, 0.1) is 0 Å². The van der Waals surface area contributed by atoms with Crippen LogP contribution in [0, 0.1) is 0 Å². The summed E-state index contributed by atoms with van der Waals surface area (Å²) in [5.74, 6) is 0. The van der Waals surface area contributed by atoms with Crippen LogP contribution >= 0.6 is 22.6 Å². The van der Waals surface area contributed by atoms with Gasteiger partial charge in [-0.2, -0.15) is 0 Å². The maximum atomic E-state index is 6.37. The van der Waals surface area contributed by atoms with E-state index >= 15 is 0 Å². The molecule has 0 aliphatic rings. The van der Waals surface area contributed by atoms with E-state index in [1.54, 1.807) is 0 Å². The zero-order valence-corrected chi connectivity index (χ0v) is 23.0. The van der Waals surface area contributed by atoms with Gasteiger partial charge in [-0.3, -0.25) is 0 Å². The molecule has 0 aromatic rings. The van der Waals surface area contributed by atoms with Crippen molar-refractivity contribution in [3.05, 3.63) is 33.8 Å². The van der Waals surface area contributed by atoms with Gasteiger partial charge in [-0.15, -0.1) is 0 Å². The smallest absolute Gasteiger partial charge is 0.418 e. The third-order valence-electron chi connectivity index (χ3n) is 3.00. The van der Waals surface area contributed by atoms with E-state index < -0.39 is 38.1 Å². The predicted octanol–water partition coefficient (Wildman–Crippen LogP) is 2.82. The Morgan fingerprint density at radius 1 is 0.783 bits per heavy atom. The van der Waals surface area contributed by atoms with Crippen LogP contribution < -0.4 is 0 Å². The molecule has 0 saturated carbocycles. The number of halogens is 1. The Kier molecular flexibility index (Phi) is 14.4. The molecular formula is C15H33IO3Si4. The van der Waals surface area contributed by atoms with Crippen LogP contribution in [0.4, 0.5) is 0 Å². The normalized spacial score (nSPS) is 14.7. The maximum Gasteiger partial charge on any atom is 0.469 e. The SMILES string of the molecule is CC(C)=C[SiH2]O[Si](CCCI)(O[SiH2]C=C(C)C)O[SiH2]C=C(C)C. The highest BCUT2D eigenvalue weighted by Gasteiger charge is 2.38. The Bertz CT molecular complexity index is 358. The number of hydrogen-bond donors (Lipinski definition) is 0. The fourth-order valence-corrected chi connectivity index (χ4v) is 13.4. The van der Waals surface area contributed by atoms with Crippen LogP contribution in [0.5, 0.6) is 0 Å². The van der Waals surface area contributed by atoms with Crippen LogP contribution in [-0.4, -0.2) is 42.5 Å². The second kappa shape index (κ2) is 13.9. The first kappa shape index (κ1) is 23.7. The van der Waals surface area contributed by atoms with Crippen LogP contribution in [0.1, 0.15) is 48.0 Å². The molecule has 0 aromatic heterocycles. The van der Waals surface area contributed by atoms with E-state index in [0.717, 1.165) is 16.9 Å². The van der Waals surface area contributed by atoms with Gasteiger partial charge in [0.25, 0.3) is 0 Å². The Hall–Kier alpha value is 0.698. The monoisotopic (exact) mass is 500 g/mol. The highest BCUT2D eigenvalue weighted by molar-refractivity contribution is 14.1. The van der Waals surface area contributed by atoms with Crippen LogP contribution in [0.15, 0.2) is 33.8 Å². The van der Waals surface area contributed by atoms with Gasteiger partial charge < -0.3 is 12.3 Å². The summed E-state index contributed by atoms with van der Waals surface area (Å²) in [5, 5.41) is 0. The van der Waals surface area contributed by atoms with Gasteiger partial charge in [-0.05, 0) is 52.4 Å². The van der Waals surface area contributed by atoms with E-state index in [1.165, 1.54) is 16.7 Å². The molecule has 0 amide bonds. The number of hydrogen-bond acceptors (Lipinski definition) is 3. The van der Waals surface area contributed by atoms with Gasteiger partial charge in [0.2, 0.25) is 0 Å². The highest BCUT2D eigenvalue weighted by Crippen LogP contribution is 2.18. The van der Waals surface area contributed by atoms with Crippen molar-refractivity contribution in [3.63, 3.8) is 0 Å². The van der Waals surface area contributed by atoms with Crippen LogP contribution in [0.2, 0.25) is 6.04 Å². The molecular weight excluding hydrogens is 467 g/mol. The number of rotatable bonds is 12. The van der Waals surface area contributed by atoms with E-state index in [1.807, 2.05) is 0 Å². The molecule has 0 aromatic carbocycles. The summed E-state index contributed by atoms with van der Waals surface area (Å²) in [4.78, 5) is 0. The summed E-state index contributed by atoms with van der Waals surface area (Å²) in [5.41, 5.74) is 10.8. The van der Waals surface area contributed by atoms with E-state index in [0.29, 0.717) is 0 Å². The summed E-state index contributed by atoms with van der Waals surface area (Å²) >= 11 is 2.43. The lowest BCUT2D eigenvalue weighted by Crippen LogP contribution is -2.48. The molecule has 0 fully saturated rings. The van der Waals surface area contributed by atoms with Gasteiger partial charge in [0.1, 0.15) is 0 Å². The predicted molar refractivity (Wildman–Crippen MR) is 121 cm³/mol. The van der Waals surface area contributed by atoms with Crippen LogP contribution in [0.25, 0.3) is 0 Å². The van der Waals surface area contributed by atoms with Crippen molar-refractivity contribution in [1.82, 2.24) is 0 Å². The van der Waals surface area contributed by atoms with E-state index in [9.17, 15) is 0 Å². The van der Waals surface area contributed by atoms with Crippen molar-refractivity contribution in [3.8, 4) is 0 Å². The molecule has 0 spiro atoms. The summed E-state index contributed by atoms with van der Waals surface area (Å²) in [6, 6.07) is 0.965. The Balaban J connectivity index is 5.02. The quantitative estimate of drug-likeness (QED) is 0.234. The van der Waals surface area contributed by atoms with Gasteiger partial charge in [-0.25, -0.2) is 0 Å². The molecule has 0 aliphatic carbocycles. The molecule has 0 heterocycles. The second-order valence-electron chi connectivity index (χ2n) is 6.25. The largest absolute Gasteiger partial charge is 0.469 e. The van der Waals surface area contributed by atoms with Crippen molar-refractivity contribution in [2.75, 3.05) is 4.43 Å². The Morgan fingerprint density at radius 3 is 1.39 bits per heavy atom. The molecule has 0 saturated heterocycles. The Morgan fingerprint density at radius 2 is 1.13 bits per heavy atom. The third kappa shape index (κ3) is 13.6. The first-order valence-electron chi connectivity index (χ1n) is 8.19. The molecule has 0 N–H and O–H groups in total. The van der Waals surface area contributed by atoms with E-state index in [4.69, 9.17) is 12.3 Å². The molecule has 0 bridgehead atoms.